The van der Waals surface area contributed by atoms with Gasteiger partial charge in [0.05, 0.1) is 25.4 Å². The second-order valence-corrected chi connectivity index (χ2v) is 6.21. The van der Waals surface area contributed by atoms with E-state index in [0.29, 0.717) is 24.7 Å². The molecule has 1 aliphatic rings. The minimum absolute atomic E-state index is 0.0259. The first-order valence-electron chi connectivity index (χ1n) is 7.62. The smallest absolute Gasteiger partial charge is 0.125 e. The predicted octanol–water partition coefficient (Wildman–Crippen LogP) is 3.41. The average Bonchev–Trinajstić information content (AvgIpc) is 2.55. The van der Waals surface area contributed by atoms with Crippen molar-refractivity contribution in [3.05, 3.63) is 70.5 Å². The summed E-state index contributed by atoms with van der Waals surface area (Å²) in [4.78, 5) is 2.20. The number of nitrogens with zero attached hydrogens (tertiary/aromatic N) is 1. The van der Waals surface area contributed by atoms with Crippen LogP contribution >= 0.6 is 11.6 Å². The largest absolute Gasteiger partial charge is 0.394 e. The fourth-order valence-electron chi connectivity index (χ4n) is 2.95. The van der Waals surface area contributed by atoms with Gasteiger partial charge in [-0.15, -0.1) is 0 Å². The number of rotatable bonds is 4. The monoisotopic (exact) mass is 335 g/mol. The lowest BCUT2D eigenvalue weighted by Crippen LogP contribution is -2.45. The van der Waals surface area contributed by atoms with Crippen molar-refractivity contribution in [1.29, 1.82) is 0 Å². The molecule has 2 aromatic rings. The highest BCUT2D eigenvalue weighted by molar-refractivity contribution is 6.30. The van der Waals surface area contributed by atoms with E-state index in [9.17, 15) is 9.50 Å². The first-order chi connectivity index (χ1) is 11.2. The Morgan fingerprint density at radius 3 is 2.70 bits per heavy atom. The van der Waals surface area contributed by atoms with Gasteiger partial charge in [0.25, 0.3) is 0 Å². The third-order valence-corrected chi connectivity index (χ3v) is 4.29. The Labute approximate surface area is 140 Å². The Kier molecular flexibility index (Phi) is 5.28. The van der Waals surface area contributed by atoms with Crippen LogP contribution < -0.4 is 0 Å². The number of hydrogen-bond acceptors (Lipinski definition) is 3. The van der Waals surface area contributed by atoms with Crippen molar-refractivity contribution >= 4 is 11.6 Å². The molecule has 0 radical (unpaired) electrons. The highest BCUT2D eigenvalue weighted by Crippen LogP contribution is 2.30. The van der Waals surface area contributed by atoms with Crippen molar-refractivity contribution in [3.8, 4) is 0 Å². The molecule has 0 aromatic heterocycles. The van der Waals surface area contributed by atoms with Crippen molar-refractivity contribution in [2.75, 3.05) is 19.8 Å². The van der Waals surface area contributed by atoms with E-state index in [4.69, 9.17) is 16.3 Å². The summed E-state index contributed by atoms with van der Waals surface area (Å²) in [6.07, 6.45) is -0.223. The standard InChI is InChI=1S/C18H19ClFNO2/c19-15-6-14(7-16(20)8-15)18-12-23-17(11-22)10-21(18)9-13-4-2-1-3-5-13/h1-8,17-18,22H,9-12H2. The third kappa shape index (κ3) is 4.09. The lowest BCUT2D eigenvalue weighted by molar-refractivity contribution is -0.0866. The van der Waals surface area contributed by atoms with Crippen LogP contribution in [-0.4, -0.2) is 35.9 Å². The first kappa shape index (κ1) is 16.4. The van der Waals surface area contributed by atoms with Crippen LogP contribution in [0.5, 0.6) is 0 Å². The van der Waals surface area contributed by atoms with Crippen LogP contribution in [0.3, 0.4) is 0 Å². The van der Waals surface area contributed by atoms with E-state index in [1.54, 1.807) is 6.07 Å². The van der Waals surface area contributed by atoms with Crippen LogP contribution in [-0.2, 0) is 11.3 Å². The first-order valence-corrected chi connectivity index (χ1v) is 8.00. The van der Waals surface area contributed by atoms with Crippen LogP contribution in [0.25, 0.3) is 0 Å². The Bertz CT molecular complexity index is 632. The van der Waals surface area contributed by atoms with Gasteiger partial charge in [0.15, 0.2) is 0 Å². The molecule has 1 aliphatic heterocycles. The van der Waals surface area contributed by atoms with E-state index in [2.05, 4.69) is 17.0 Å². The zero-order chi connectivity index (χ0) is 16.2. The molecule has 0 saturated carbocycles. The zero-order valence-electron chi connectivity index (χ0n) is 12.7. The van der Waals surface area contributed by atoms with Crippen LogP contribution in [0.1, 0.15) is 17.2 Å². The molecular formula is C18H19ClFNO2. The van der Waals surface area contributed by atoms with Crippen LogP contribution in [0.2, 0.25) is 5.02 Å². The molecule has 1 heterocycles. The number of aliphatic hydroxyl groups is 1. The second kappa shape index (κ2) is 7.41. The van der Waals surface area contributed by atoms with Gasteiger partial charge < -0.3 is 9.84 Å². The van der Waals surface area contributed by atoms with E-state index in [-0.39, 0.29) is 24.6 Å². The van der Waals surface area contributed by atoms with E-state index in [0.717, 1.165) is 5.56 Å². The van der Waals surface area contributed by atoms with Crippen molar-refractivity contribution in [1.82, 2.24) is 4.90 Å². The Balaban J connectivity index is 1.86. The second-order valence-electron chi connectivity index (χ2n) is 5.77. The molecule has 2 aromatic carbocycles. The van der Waals surface area contributed by atoms with Gasteiger partial charge in [0, 0.05) is 18.1 Å². The lowest BCUT2D eigenvalue weighted by Gasteiger charge is -2.39. The molecule has 122 valence electrons. The lowest BCUT2D eigenvalue weighted by atomic mass is 10.0. The Hall–Kier alpha value is -1.46. The van der Waals surface area contributed by atoms with E-state index in [1.807, 2.05) is 18.2 Å². The molecule has 0 amide bonds. The van der Waals surface area contributed by atoms with Gasteiger partial charge in [-0.1, -0.05) is 41.9 Å². The molecule has 1 saturated heterocycles. The maximum Gasteiger partial charge on any atom is 0.125 e. The molecule has 3 nitrogen and oxygen atoms in total. The summed E-state index contributed by atoms with van der Waals surface area (Å²) < 4.78 is 19.4. The van der Waals surface area contributed by atoms with Crippen LogP contribution in [0, 0.1) is 5.82 Å². The molecule has 3 rings (SSSR count). The zero-order valence-corrected chi connectivity index (χ0v) is 13.4. The van der Waals surface area contributed by atoms with Gasteiger partial charge in [-0.05, 0) is 29.3 Å². The molecule has 1 fully saturated rings. The number of benzene rings is 2. The molecule has 0 bridgehead atoms. The molecule has 1 N–H and O–H groups in total. The van der Waals surface area contributed by atoms with Gasteiger partial charge in [0.1, 0.15) is 5.82 Å². The van der Waals surface area contributed by atoms with Gasteiger partial charge in [-0.2, -0.15) is 0 Å². The Morgan fingerprint density at radius 2 is 2.00 bits per heavy atom. The average molecular weight is 336 g/mol. The summed E-state index contributed by atoms with van der Waals surface area (Å²) >= 11 is 5.99. The molecule has 2 atom stereocenters. The summed E-state index contributed by atoms with van der Waals surface area (Å²) in [5.41, 5.74) is 1.96. The molecule has 0 aliphatic carbocycles. The molecule has 0 spiro atoms. The number of aliphatic hydroxyl groups excluding tert-OH is 1. The maximum atomic E-state index is 13.7. The number of ether oxygens (including phenoxy) is 1. The summed E-state index contributed by atoms with van der Waals surface area (Å²) in [5.74, 6) is -0.351. The van der Waals surface area contributed by atoms with Gasteiger partial charge in [0.2, 0.25) is 0 Å². The predicted molar refractivity (Wildman–Crippen MR) is 87.8 cm³/mol. The number of morpholine rings is 1. The SMILES string of the molecule is OCC1CN(Cc2ccccc2)C(c2cc(F)cc(Cl)c2)CO1. The summed E-state index contributed by atoms with van der Waals surface area (Å²) in [7, 11) is 0. The summed E-state index contributed by atoms with van der Waals surface area (Å²) in [5, 5.41) is 9.77. The third-order valence-electron chi connectivity index (χ3n) is 4.07. The highest BCUT2D eigenvalue weighted by Gasteiger charge is 2.30. The fraction of sp³-hybridized carbons (Fsp3) is 0.333. The van der Waals surface area contributed by atoms with E-state index in [1.165, 1.54) is 17.7 Å². The van der Waals surface area contributed by atoms with Crippen LogP contribution in [0.15, 0.2) is 48.5 Å². The Morgan fingerprint density at radius 1 is 1.22 bits per heavy atom. The molecule has 2 unspecified atom stereocenters. The van der Waals surface area contributed by atoms with Crippen molar-refractivity contribution in [2.24, 2.45) is 0 Å². The van der Waals surface area contributed by atoms with Crippen molar-refractivity contribution in [3.63, 3.8) is 0 Å². The number of hydrogen-bond donors (Lipinski definition) is 1. The minimum Gasteiger partial charge on any atom is -0.394 e. The topological polar surface area (TPSA) is 32.7 Å². The molecule has 5 heteroatoms. The minimum atomic E-state index is -0.351. The summed E-state index contributed by atoms with van der Waals surface area (Å²) in [6.45, 7) is 1.67. The van der Waals surface area contributed by atoms with Crippen molar-refractivity contribution in [2.45, 2.75) is 18.7 Å². The molecular weight excluding hydrogens is 317 g/mol. The van der Waals surface area contributed by atoms with Gasteiger partial charge >= 0.3 is 0 Å². The van der Waals surface area contributed by atoms with Gasteiger partial charge in [-0.25, -0.2) is 4.39 Å². The number of halogens is 2. The highest BCUT2D eigenvalue weighted by atomic mass is 35.5. The van der Waals surface area contributed by atoms with Crippen molar-refractivity contribution < 1.29 is 14.2 Å². The van der Waals surface area contributed by atoms with Crippen LogP contribution in [0.4, 0.5) is 4.39 Å². The fourth-order valence-corrected chi connectivity index (χ4v) is 3.18. The molecule has 23 heavy (non-hydrogen) atoms. The maximum absolute atomic E-state index is 13.7. The van der Waals surface area contributed by atoms with Gasteiger partial charge in [-0.3, -0.25) is 4.90 Å². The quantitative estimate of drug-likeness (QED) is 0.929. The normalized spacial score (nSPS) is 22.2. The summed E-state index contributed by atoms with van der Waals surface area (Å²) in [6, 6.07) is 14.5. The van der Waals surface area contributed by atoms with E-state index < -0.39 is 0 Å². The van der Waals surface area contributed by atoms with E-state index >= 15 is 0 Å².